The fourth-order valence-corrected chi connectivity index (χ4v) is 2.48. The van der Waals surface area contributed by atoms with Crippen molar-refractivity contribution in [3.8, 4) is 17.3 Å². The number of carbonyl (C=O) groups excluding carboxylic acids is 1. The van der Waals surface area contributed by atoms with Crippen molar-refractivity contribution in [2.75, 3.05) is 11.9 Å². The Bertz CT molecular complexity index is 1080. The number of para-hydroxylation sites is 1. The Morgan fingerprint density at radius 1 is 1.27 bits per heavy atom. The van der Waals surface area contributed by atoms with Gasteiger partial charge in [0.2, 0.25) is 0 Å². The summed E-state index contributed by atoms with van der Waals surface area (Å²) in [6, 6.07) is 8.78. The molecule has 0 unspecified atom stereocenters. The lowest BCUT2D eigenvalue weighted by Gasteiger charge is -2.02. The van der Waals surface area contributed by atoms with E-state index in [1.807, 2.05) is 19.1 Å². The van der Waals surface area contributed by atoms with E-state index < -0.39 is 5.91 Å². The van der Waals surface area contributed by atoms with Gasteiger partial charge in [-0.2, -0.15) is 5.10 Å². The zero-order chi connectivity index (χ0) is 18.1. The van der Waals surface area contributed by atoms with Gasteiger partial charge in [0, 0.05) is 18.6 Å². The largest absolute Gasteiger partial charge is 0.490 e. The summed E-state index contributed by atoms with van der Waals surface area (Å²) in [5.41, 5.74) is 1.03. The molecule has 0 aliphatic heterocycles. The number of hydrogen-bond donors (Lipinski definition) is 1. The first-order valence-electron chi connectivity index (χ1n) is 7.94. The third-order valence-electron chi connectivity index (χ3n) is 3.61. The molecule has 26 heavy (non-hydrogen) atoms. The molecule has 0 saturated heterocycles. The number of nitrogens with zero attached hydrogens (tertiary/aromatic N) is 4. The fraction of sp³-hybridized carbons (Fsp3) is 0.176. The van der Waals surface area contributed by atoms with E-state index in [9.17, 15) is 4.79 Å². The lowest BCUT2D eigenvalue weighted by molar-refractivity contribution is 0.0995. The Hall–Kier alpha value is -3.62. The Labute approximate surface area is 147 Å². The first-order valence-corrected chi connectivity index (χ1v) is 7.94. The normalized spacial score (nSPS) is 11.0. The van der Waals surface area contributed by atoms with E-state index >= 15 is 0 Å². The minimum atomic E-state index is -0.500. The predicted molar refractivity (Wildman–Crippen MR) is 91.8 cm³/mol. The van der Waals surface area contributed by atoms with Crippen LogP contribution in [0.3, 0.4) is 0 Å². The number of anilines is 1. The molecule has 0 fully saturated rings. The average Bonchev–Trinajstić information content (AvgIpc) is 3.34. The van der Waals surface area contributed by atoms with Gasteiger partial charge >= 0.3 is 6.01 Å². The number of carbonyl (C=O) groups is 1. The van der Waals surface area contributed by atoms with Crippen molar-refractivity contribution in [1.29, 1.82) is 0 Å². The van der Waals surface area contributed by atoms with E-state index in [4.69, 9.17) is 13.6 Å². The molecule has 9 nitrogen and oxygen atoms in total. The van der Waals surface area contributed by atoms with Crippen molar-refractivity contribution in [2.45, 2.75) is 6.92 Å². The molecule has 3 heterocycles. The predicted octanol–water partition coefficient (Wildman–Crippen LogP) is 2.87. The lowest BCUT2D eigenvalue weighted by atomic mass is 10.2. The van der Waals surface area contributed by atoms with Crippen LogP contribution in [0, 0.1) is 0 Å². The molecule has 0 bridgehead atoms. The van der Waals surface area contributed by atoms with Gasteiger partial charge in [-0.25, -0.2) is 0 Å². The second-order valence-corrected chi connectivity index (χ2v) is 5.46. The number of benzene rings is 1. The zero-order valence-corrected chi connectivity index (χ0v) is 14.1. The maximum absolute atomic E-state index is 12.4. The molecule has 0 saturated carbocycles. The number of rotatable bonds is 5. The summed E-state index contributed by atoms with van der Waals surface area (Å²) in [7, 11) is 1.78. The number of ether oxygens (including phenoxy) is 1. The van der Waals surface area contributed by atoms with Crippen LogP contribution in [0.2, 0.25) is 0 Å². The molecule has 4 rings (SSSR count). The van der Waals surface area contributed by atoms with E-state index in [-0.39, 0.29) is 17.7 Å². The highest BCUT2D eigenvalue weighted by molar-refractivity contribution is 6.04. The number of amides is 1. The van der Waals surface area contributed by atoms with Gasteiger partial charge in [0.25, 0.3) is 11.8 Å². The SMILES string of the molecule is CCOc1cccc2cc(C(=O)Nc3nnc(-c4ccn(C)n4)o3)oc12. The summed E-state index contributed by atoms with van der Waals surface area (Å²) < 4.78 is 18.2. The Morgan fingerprint density at radius 2 is 2.15 bits per heavy atom. The summed E-state index contributed by atoms with van der Waals surface area (Å²) in [6.45, 7) is 2.38. The van der Waals surface area contributed by atoms with Crippen LogP contribution in [0.25, 0.3) is 22.6 Å². The van der Waals surface area contributed by atoms with Gasteiger partial charge in [0.15, 0.2) is 17.1 Å². The molecule has 0 spiro atoms. The van der Waals surface area contributed by atoms with Crippen LogP contribution in [-0.2, 0) is 7.05 Å². The van der Waals surface area contributed by atoms with Crippen LogP contribution in [0.4, 0.5) is 6.01 Å². The van der Waals surface area contributed by atoms with Gasteiger partial charge in [-0.1, -0.05) is 17.2 Å². The van der Waals surface area contributed by atoms with E-state index in [2.05, 4.69) is 20.6 Å². The molecule has 0 radical (unpaired) electrons. The van der Waals surface area contributed by atoms with Crippen LogP contribution < -0.4 is 10.1 Å². The highest BCUT2D eigenvalue weighted by Crippen LogP contribution is 2.29. The van der Waals surface area contributed by atoms with Crippen LogP contribution in [0.15, 0.2) is 45.4 Å². The smallest absolute Gasteiger partial charge is 0.322 e. The summed E-state index contributed by atoms with van der Waals surface area (Å²) in [4.78, 5) is 12.4. The summed E-state index contributed by atoms with van der Waals surface area (Å²) >= 11 is 0. The number of nitrogens with one attached hydrogen (secondary N) is 1. The van der Waals surface area contributed by atoms with Gasteiger partial charge in [-0.3, -0.25) is 14.8 Å². The Kier molecular flexibility index (Phi) is 3.88. The molecule has 0 aliphatic rings. The minimum absolute atomic E-state index is 0.0406. The van der Waals surface area contributed by atoms with Crippen molar-refractivity contribution in [3.63, 3.8) is 0 Å². The molecule has 1 N–H and O–H groups in total. The number of aromatic nitrogens is 4. The van der Waals surface area contributed by atoms with Crippen molar-refractivity contribution in [3.05, 3.63) is 42.3 Å². The van der Waals surface area contributed by atoms with Gasteiger partial charge < -0.3 is 13.6 Å². The molecule has 0 atom stereocenters. The average molecular weight is 353 g/mol. The van der Waals surface area contributed by atoms with E-state index in [1.165, 1.54) is 0 Å². The molecule has 1 aromatic carbocycles. The Balaban J connectivity index is 1.56. The fourth-order valence-electron chi connectivity index (χ4n) is 2.48. The monoisotopic (exact) mass is 353 g/mol. The quantitative estimate of drug-likeness (QED) is 0.587. The molecular weight excluding hydrogens is 338 g/mol. The van der Waals surface area contributed by atoms with Crippen LogP contribution in [0.5, 0.6) is 5.75 Å². The van der Waals surface area contributed by atoms with Crippen LogP contribution >= 0.6 is 0 Å². The molecule has 9 heteroatoms. The molecule has 132 valence electrons. The summed E-state index contributed by atoms with van der Waals surface area (Å²) in [6.07, 6.45) is 1.75. The first-order chi connectivity index (χ1) is 12.6. The topological polar surface area (TPSA) is 108 Å². The second kappa shape index (κ2) is 6.36. The standard InChI is InChI=1S/C17H15N5O4/c1-3-24-12-6-4-5-10-9-13(25-14(10)12)15(23)18-17-20-19-16(26-17)11-7-8-22(2)21-11/h4-9H,3H2,1-2H3,(H,18,20,23). The maximum atomic E-state index is 12.4. The molecule has 1 amide bonds. The van der Waals surface area contributed by atoms with Crippen LogP contribution in [0.1, 0.15) is 17.5 Å². The van der Waals surface area contributed by atoms with Crippen molar-refractivity contribution in [1.82, 2.24) is 20.0 Å². The van der Waals surface area contributed by atoms with E-state index in [0.717, 1.165) is 5.39 Å². The second-order valence-electron chi connectivity index (χ2n) is 5.46. The maximum Gasteiger partial charge on any atom is 0.322 e. The number of aryl methyl sites for hydroxylation is 1. The highest BCUT2D eigenvalue weighted by Gasteiger charge is 2.18. The van der Waals surface area contributed by atoms with E-state index in [0.29, 0.717) is 23.6 Å². The van der Waals surface area contributed by atoms with Gasteiger partial charge in [0.1, 0.15) is 5.69 Å². The first kappa shape index (κ1) is 15.9. The molecule has 3 aromatic heterocycles. The molecular formula is C17H15N5O4. The van der Waals surface area contributed by atoms with Gasteiger partial charge in [0.05, 0.1) is 6.61 Å². The zero-order valence-electron chi connectivity index (χ0n) is 14.1. The third kappa shape index (κ3) is 2.90. The van der Waals surface area contributed by atoms with Crippen molar-refractivity contribution < 1.29 is 18.4 Å². The Morgan fingerprint density at radius 3 is 2.92 bits per heavy atom. The summed E-state index contributed by atoms with van der Waals surface area (Å²) in [5, 5.41) is 15.1. The van der Waals surface area contributed by atoms with E-state index in [1.54, 1.807) is 36.1 Å². The molecule has 4 aromatic rings. The van der Waals surface area contributed by atoms with Gasteiger partial charge in [-0.05, 0) is 25.1 Å². The van der Waals surface area contributed by atoms with Crippen molar-refractivity contribution >= 4 is 22.9 Å². The van der Waals surface area contributed by atoms with Crippen molar-refractivity contribution in [2.24, 2.45) is 7.05 Å². The molecule has 0 aliphatic carbocycles. The lowest BCUT2D eigenvalue weighted by Crippen LogP contribution is -2.11. The minimum Gasteiger partial charge on any atom is -0.490 e. The highest BCUT2D eigenvalue weighted by atomic mass is 16.5. The summed E-state index contributed by atoms with van der Waals surface area (Å²) in [5.74, 6) is 0.410. The number of fused-ring (bicyclic) bond motifs is 1. The number of hydrogen-bond acceptors (Lipinski definition) is 7. The number of furan rings is 1. The third-order valence-corrected chi connectivity index (χ3v) is 3.61. The van der Waals surface area contributed by atoms with Gasteiger partial charge in [-0.15, -0.1) is 5.10 Å². The van der Waals surface area contributed by atoms with Crippen LogP contribution in [-0.4, -0.2) is 32.5 Å².